The maximum Gasteiger partial charge on any atom is 0.233 e. The molecular weight excluding hydrogens is 140 g/mol. The Labute approximate surface area is 71.6 Å². The number of hydrogen-bond donors (Lipinski definition) is 2. The third-order valence-corrected chi connectivity index (χ3v) is 0.936. The smallest absolute Gasteiger partial charge is 0.233 e. The average Bonchev–Trinajstić information content (AvgIpc) is 2.06. The predicted molar refractivity (Wildman–Crippen MR) is 52.5 cm³/mol. The van der Waals surface area contributed by atoms with Gasteiger partial charge < -0.3 is 11.1 Å². The molecule has 0 atom stereocenters. The van der Waals surface area contributed by atoms with E-state index in [0.717, 1.165) is 6.42 Å². The molecule has 0 rings (SSSR count). The van der Waals surface area contributed by atoms with Crippen LogP contribution in [-0.2, 0) is 4.79 Å². The molecule has 0 aliphatic carbocycles. The normalized spacial score (nSPS) is 8.73. The summed E-state index contributed by atoms with van der Waals surface area (Å²) in [6.45, 7) is 4.24. The van der Waals surface area contributed by atoms with Gasteiger partial charge in [0.05, 0.1) is 6.54 Å². The molecule has 0 saturated carbocycles. The Morgan fingerprint density at radius 2 is 2.27 bits per heavy atom. The topological polar surface area (TPSA) is 55.1 Å². The molecule has 0 aliphatic heterocycles. The molecule has 0 aromatic heterocycles. The van der Waals surface area contributed by atoms with Crippen LogP contribution in [0.5, 0.6) is 0 Å². The van der Waals surface area contributed by atoms with Crippen molar-refractivity contribution < 1.29 is 7.65 Å². The molecule has 0 saturated heterocycles. The van der Waals surface area contributed by atoms with Gasteiger partial charge in [0.2, 0.25) is 5.91 Å². The molecular formula is C8H22N2O. The van der Waals surface area contributed by atoms with E-state index in [0.29, 0.717) is 0 Å². The lowest BCUT2D eigenvalue weighted by atomic mass is 10.4. The van der Waals surface area contributed by atoms with Crippen LogP contribution in [0, 0.1) is 0 Å². The second-order valence-corrected chi connectivity index (χ2v) is 1.85. The van der Waals surface area contributed by atoms with Gasteiger partial charge in [0, 0.05) is 9.90 Å². The number of nitrogens with one attached hydrogen (secondary N) is 1. The minimum Gasteiger partial charge on any atom is -0.358 e. The number of rotatable bonds is 2. The lowest BCUT2D eigenvalue weighted by Crippen LogP contribution is -2.26. The Morgan fingerprint density at radius 3 is 2.27 bits per heavy atom. The van der Waals surface area contributed by atoms with Crippen molar-refractivity contribution in [3.63, 3.8) is 0 Å². The highest BCUT2D eigenvalue weighted by molar-refractivity contribution is 5.77. The summed E-state index contributed by atoms with van der Waals surface area (Å²) >= 11 is 0. The molecule has 0 heterocycles. The van der Waals surface area contributed by atoms with Gasteiger partial charge in [-0.05, 0) is 13.3 Å². The number of carbonyl (C=O) groups excluding carboxylic acids is 1. The van der Waals surface area contributed by atoms with Crippen LogP contribution in [0.25, 0.3) is 0 Å². The molecule has 0 aliphatic rings. The molecule has 0 bridgehead atoms. The van der Waals surface area contributed by atoms with Gasteiger partial charge in [0.15, 0.2) is 0 Å². The zero-order chi connectivity index (χ0) is 9.11. The molecule has 0 radical (unpaired) electrons. The molecule has 0 aromatic carbocycles. The van der Waals surface area contributed by atoms with E-state index in [-0.39, 0.29) is 15.3 Å². The predicted octanol–water partition coefficient (Wildman–Crippen LogP) is 1.16. The Hall–Kier alpha value is -0.830. The highest BCUT2D eigenvalue weighted by Crippen LogP contribution is 1.73. The molecule has 1 amide bonds. The van der Waals surface area contributed by atoms with Crippen LogP contribution in [0.4, 0.5) is 0 Å². The standard InChI is InChI=1S/C5H10.C3H8N2O.2H2/c1-3-5-4-2;1-5-3(6)2-4;;/h3,5H,4H2,1-2H3;2,4H2,1H3,(H,5,6);2*1H/b5-3+;;;. The van der Waals surface area contributed by atoms with Crippen molar-refractivity contribution in [3.8, 4) is 0 Å². The van der Waals surface area contributed by atoms with Gasteiger partial charge >= 0.3 is 0 Å². The van der Waals surface area contributed by atoms with Crippen LogP contribution >= 0.6 is 0 Å². The van der Waals surface area contributed by atoms with Crippen molar-refractivity contribution in [2.45, 2.75) is 20.3 Å². The van der Waals surface area contributed by atoms with Crippen molar-refractivity contribution in [2.24, 2.45) is 5.73 Å². The largest absolute Gasteiger partial charge is 0.358 e. The van der Waals surface area contributed by atoms with Gasteiger partial charge in [-0.15, -0.1) is 0 Å². The Kier molecular flexibility index (Phi) is 13.9. The van der Waals surface area contributed by atoms with Crippen LogP contribution in [0.1, 0.15) is 23.1 Å². The van der Waals surface area contributed by atoms with Crippen molar-refractivity contribution in [1.82, 2.24) is 5.32 Å². The minimum atomic E-state index is -0.130. The van der Waals surface area contributed by atoms with Crippen molar-refractivity contribution in [3.05, 3.63) is 12.2 Å². The van der Waals surface area contributed by atoms with Crippen LogP contribution < -0.4 is 11.1 Å². The van der Waals surface area contributed by atoms with Gasteiger partial charge in [-0.3, -0.25) is 4.79 Å². The van der Waals surface area contributed by atoms with E-state index in [9.17, 15) is 4.79 Å². The summed E-state index contributed by atoms with van der Waals surface area (Å²) in [7, 11) is 1.55. The molecule has 0 aromatic rings. The molecule has 70 valence electrons. The SMILES string of the molecule is C/C=C/CC.CNC(=O)CN.[HH].[HH]. The fourth-order valence-corrected chi connectivity index (χ4v) is 0.338. The van der Waals surface area contributed by atoms with E-state index in [1.54, 1.807) is 7.05 Å². The first kappa shape index (κ1) is 12.8. The third kappa shape index (κ3) is 17.6. The van der Waals surface area contributed by atoms with Gasteiger partial charge in [0.25, 0.3) is 0 Å². The van der Waals surface area contributed by atoms with Crippen molar-refractivity contribution in [1.29, 1.82) is 0 Å². The summed E-state index contributed by atoms with van der Waals surface area (Å²) in [4.78, 5) is 9.94. The molecule has 0 fully saturated rings. The van der Waals surface area contributed by atoms with Gasteiger partial charge in [-0.2, -0.15) is 0 Å². The number of hydrogen-bond acceptors (Lipinski definition) is 2. The highest BCUT2D eigenvalue weighted by atomic mass is 16.1. The first-order valence-corrected chi connectivity index (χ1v) is 3.74. The van der Waals surface area contributed by atoms with E-state index in [1.165, 1.54) is 0 Å². The molecule has 0 spiro atoms. The number of nitrogens with two attached hydrogens (primary N) is 1. The summed E-state index contributed by atoms with van der Waals surface area (Å²) < 4.78 is 0. The summed E-state index contributed by atoms with van der Waals surface area (Å²) in [5.41, 5.74) is 4.87. The summed E-state index contributed by atoms with van der Waals surface area (Å²) in [6.07, 6.45) is 5.34. The van der Waals surface area contributed by atoms with Crippen LogP contribution in [0.2, 0.25) is 0 Å². The molecule has 3 heteroatoms. The zero-order valence-corrected chi connectivity index (χ0v) is 7.55. The maximum atomic E-state index is 9.94. The quantitative estimate of drug-likeness (QED) is 0.599. The number of likely N-dealkylation sites (N-methyl/N-ethyl adjacent to an activating group) is 1. The number of allylic oxidation sites excluding steroid dienone is 2. The summed E-state index contributed by atoms with van der Waals surface area (Å²) in [5, 5.41) is 2.35. The number of amides is 1. The Balaban J connectivity index is -0.0000000546. The van der Waals surface area contributed by atoms with Gasteiger partial charge in [0.1, 0.15) is 0 Å². The van der Waals surface area contributed by atoms with Gasteiger partial charge in [-0.1, -0.05) is 19.1 Å². The molecule has 11 heavy (non-hydrogen) atoms. The fourth-order valence-electron chi connectivity index (χ4n) is 0.338. The van der Waals surface area contributed by atoms with Crippen molar-refractivity contribution >= 4 is 5.91 Å². The molecule has 3 nitrogen and oxygen atoms in total. The van der Waals surface area contributed by atoms with Gasteiger partial charge in [-0.25, -0.2) is 0 Å². The first-order chi connectivity index (χ1) is 5.22. The second kappa shape index (κ2) is 11.9. The van der Waals surface area contributed by atoms with E-state index in [1.807, 2.05) is 6.92 Å². The highest BCUT2D eigenvalue weighted by Gasteiger charge is 1.84. The number of carbonyl (C=O) groups is 1. The fraction of sp³-hybridized carbons (Fsp3) is 0.625. The van der Waals surface area contributed by atoms with Crippen LogP contribution in [-0.4, -0.2) is 19.5 Å². The lowest BCUT2D eigenvalue weighted by Gasteiger charge is -1.87. The van der Waals surface area contributed by atoms with Crippen LogP contribution in [0.3, 0.4) is 0 Å². The lowest BCUT2D eigenvalue weighted by molar-refractivity contribution is -0.119. The van der Waals surface area contributed by atoms with E-state index >= 15 is 0 Å². The Bertz CT molecular complexity index is 113. The summed E-state index contributed by atoms with van der Waals surface area (Å²) in [5.74, 6) is -0.130. The third-order valence-electron chi connectivity index (χ3n) is 0.936. The average molecular weight is 162 g/mol. The minimum absolute atomic E-state index is 0. The van der Waals surface area contributed by atoms with E-state index in [4.69, 9.17) is 5.73 Å². The molecule has 0 unspecified atom stereocenters. The maximum absolute atomic E-state index is 9.94. The second-order valence-electron chi connectivity index (χ2n) is 1.85. The zero-order valence-electron chi connectivity index (χ0n) is 7.55. The Morgan fingerprint density at radius 1 is 1.73 bits per heavy atom. The summed E-state index contributed by atoms with van der Waals surface area (Å²) in [6, 6.07) is 0. The first-order valence-electron chi connectivity index (χ1n) is 3.74. The molecule has 3 N–H and O–H groups in total. The van der Waals surface area contributed by atoms with E-state index < -0.39 is 0 Å². The monoisotopic (exact) mass is 162 g/mol. The van der Waals surface area contributed by atoms with Crippen LogP contribution in [0.15, 0.2) is 12.2 Å². The van der Waals surface area contributed by atoms with Crippen molar-refractivity contribution in [2.75, 3.05) is 13.6 Å². The van der Waals surface area contributed by atoms with E-state index in [2.05, 4.69) is 24.4 Å².